The van der Waals surface area contributed by atoms with E-state index in [2.05, 4.69) is 26.0 Å². The Hall–Kier alpha value is -2.15. The van der Waals surface area contributed by atoms with E-state index in [9.17, 15) is 13.6 Å². The molecule has 2 rings (SSSR count). The van der Waals surface area contributed by atoms with Crippen LogP contribution in [0, 0.1) is 0 Å². The molecule has 2 aromatic carbocycles. The third-order valence-electron chi connectivity index (χ3n) is 3.51. The van der Waals surface area contributed by atoms with Gasteiger partial charge in [0.1, 0.15) is 0 Å². The predicted molar refractivity (Wildman–Crippen MR) is 93.9 cm³/mol. The van der Waals surface area contributed by atoms with Gasteiger partial charge in [-0.15, -0.1) is 0 Å². The maximum absolute atomic E-state index is 12.4. The largest absolute Gasteiger partial charge is 0.493 e. The number of halogens is 3. The van der Waals surface area contributed by atoms with Gasteiger partial charge in [-0.05, 0) is 35.7 Å². The molecular weight excluding hydrogens is 396 g/mol. The standard InChI is InChI=1S/C18H18BrF2NO3/c1-24-15-8-6-12(10-16(15)25-18(20)21)11-22-17(23)9-7-13-4-2-3-5-14(13)19/h2-6,8,10,18H,7,9,11H2,1H3,(H,22,23). The molecule has 0 saturated heterocycles. The molecule has 0 aromatic heterocycles. The Morgan fingerprint density at radius 2 is 1.96 bits per heavy atom. The molecule has 4 nitrogen and oxygen atoms in total. The monoisotopic (exact) mass is 413 g/mol. The molecule has 134 valence electrons. The Bertz CT molecular complexity index is 725. The Kier molecular flexibility index (Phi) is 7.18. The molecule has 0 atom stereocenters. The first kappa shape index (κ1) is 19.2. The molecule has 2 aromatic rings. The van der Waals surface area contributed by atoms with Gasteiger partial charge in [-0.25, -0.2) is 0 Å². The summed E-state index contributed by atoms with van der Waals surface area (Å²) >= 11 is 3.44. The van der Waals surface area contributed by atoms with Crippen LogP contribution in [0.1, 0.15) is 17.5 Å². The molecule has 0 bridgehead atoms. The number of aryl methyl sites for hydroxylation is 1. The number of carbonyl (C=O) groups is 1. The van der Waals surface area contributed by atoms with Crippen LogP contribution in [-0.4, -0.2) is 19.6 Å². The van der Waals surface area contributed by atoms with Crippen molar-refractivity contribution in [1.29, 1.82) is 0 Å². The van der Waals surface area contributed by atoms with Crippen LogP contribution in [-0.2, 0) is 17.8 Å². The van der Waals surface area contributed by atoms with Crippen LogP contribution in [0.3, 0.4) is 0 Å². The fourth-order valence-electron chi connectivity index (χ4n) is 2.26. The first-order chi connectivity index (χ1) is 12.0. The van der Waals surface area contributed by atoms with Gasteiger partial charge in [0, 0.05) is 17.4 Å². The van der Waals surface area contributed by atoms with Crippen molar-refractivity contribution in [2.45, 2.75) is 26.0 Å². The lowest BCUT2D eigenvalue weighted by Gasteiger charge is -2.12. The second-order valence-electron chi connectivity index (χ2n) is 5.23. The van der Waals surface area contributed by atoms with Gasteiger partial charge in [0.2, 0.25) is 5.91 Å². The molecule has 0 aliphatic heterocycles. The first-order valence-corrected chi connectivity index (χ1v) is 8.40. The summed E-state index contributed by atoms with van der Waals surface area (Å²) in [6, 6.07) is 12.4. The Labute approximate surface area is 153 Å². The summed E-state index contributed by atoms with van der Waals surface area (Å²) < 4.78 is 35.2. The van der Waals surface area contributed by atoms with E-state index in [1.807, 2.05) is 24.3 Å². The van der Waals surface area contributed by atoms with E-state index in [1.54, 1.807) is 6.07 Å². The van der Waals surface area contributed by atoms with Gasteiger partial charge in [-0.3, -0.25) is 4.79 Å². The zero-order valence-electron chi connectivity index (χ0n) is 13.6. The van der Waals surface area contributed by atoms with E-state index >= 15 is 0 Å². The van der Waals surface area contributed by atoms with Gasteiger partial charge < -0.3 is 14.8 Å². The number of hydrogen-bond donors (Lipinski definition) is 1. The van der Waals surface area contributed by atoms with Crippen molar-refractivity contribution in [1.82, 2.24) is 5.32 Å². The van der Waals surface area contributed by atoms with E-state index in [-0.39, 0.29) is 24.0 Å². The molecule has 0 unspecified atom stereocenters. The van der Waals surface area contributed by atoms with Crippen LogP contribution < -0.4 is 14.8 Å². The number of amides is 1. The zero-order chi connectivity index (χ0) is 18.2. The van der Waals surface area contributed by atoms with Crippen LogP contribution in [0.5, 0.6) is 11.5 Å². The number of carbonyl (C=O) groups excluding carboxylic acids is 1. The lowest BCUT2D eigenvalue weighted by atomic mass is 10.1. The first-order valence-electron chi connectivity index (χ1n) is 7.61. The highest BCUT2D eigenvalue weighted by Crippen LogP contribution is 2.29. The molecule has 0 spiro atoms. The maximum Gasteiger partial charge on any atom is 0.387 e. The summed E-state index contributed by atoms with van der Waals surface area (Å²) in [7, 11) is 1.37. The minimum absolute atomic E-state index is 0.0579. The van der Waals surface area contributed by atoms with Crippen LogP contribution in [0.15, 0.2) is 46.9 Å². The summed E-state index contributed by atoms with van der Waals surface area (Å²) in [6.45, 7) is -2.72. The molecule has 7 heteroatoms. The minimum atomic E-state index is -2.94. The highest BCUT2D eigenvalue weighted by Gasteiger charge is 2.12. The van der Waals surface area contributed by atoms with Crippen molar-refractivity contribution < 1.29 is 23.0 Å². The molecule has 0 aliphatic carbocycles. The zero-order valence-corrected chi connectivity index (χ0v) is 15.2. The summed E-state index contributed by atoms with van der Waals surface area (Å²) in [6.07, 6.45) is 0.939. The van der Waals surface area contributed by atoms with Gasteiger partial charge in [0.15, 0.2) is 11.5 Å². The van der Waals surface area contributed by atoms with Gasteiger partial charge in [-0.1, -0.05) is 40.2 Å². The van der Waals surface area contributed by atoms with Crippen molar-refractivity contribution in [3.05, 3.63) is 58.1 Å². The summed E-state index contributed by atoms with van der Waals surface area (Å²) in [4.78, 5) is 12.0. The third-order valence-corrected chi connectivity index (χ3v) is 4.29. The quantitative estimate of drug-likeness (QED) is 0.701. The highest BCUT2D eigenvalue weighted by molar-refractivity contribution is 9.10. The molecule has 0 fully saturated rings. The molecule has 25 heavy (non-hydrogen) atoms. The summed E-state index contributed by atoms with van der Waals surface area (Å²) in [5.74, 6) is 0.0321. The number of alkyl halides is 2. The predicted octanol–water partition coefficient (Wildman–Crippen LogP) is 4.31. The van der Waals surface area contributed by atoms with Crippen molar-refractivity contribution in [2.75, 3.05) is 7.11 Å². The van der Waals surface area contributed by atoms with Gasteiger partial charge in [-0.2, -0.15) is 8.78 Å². The van der Waals surface area contributed by atoms with E-state index in [0.717, 1.165) is 10.0 Å². The number of methoxy groups -OCH3 is 1. The average Bonchev–Trinajstić information content (AvgIpc) is 2.59. The van der Waals surface area contributed by atoms with Crippen LogP contribution in [0.25, 0.3) is 0 Å². The molecule has 1 N–H and O–H groups in total. The van der Waals surface area contributed by atoms with E-state index < -0.39 is 6.61 Å². The molecule has 0 radical (unpaired) electrons. The van der Waals surface area contributed by atoms with Crippen LogP contribution in [0.2, 0.25) is 0 Å². The third kappa shape index (κ3) is 6.01. The molecule has 0 heterocycles. The molecule has 0 aliphatic rings. The normalized spacial score (nSPS) is 10.6. The van der Waals surface area contributed by atoms with Gasteiger partial charge in [0.25, 0.3) is 0 Å². The van der Waals surface area contributed by atoms with E-state index in [0.29, 0.717) is 18.4 Å². The highest BCUT2D eigenvalue weighted by atomic mass is 79.9. The topological polar surface area (TPSA) is 47.6 Å². The lowest BCUT2D eigenvalue weighted by Crippen LogP contribution is -2.23. The fraction of sp³-hybridized carbons (Fsp3) is 0.278. The van der Waals surface area contributed by atoms with Gasteiger partial charge >= 0.3 is 6.61 Å². The van der Waals surface area contributed by atoms with Crippen LogP contribution in [0.4, 0.5) is 8.78 Å². The van der Waals surface area contributed by atoms with Crippen molar-refractivity contribution in [3.8, 4) is 11.5 Å². The number of rotatable bonds is 8. The second kappa shape index (κ2) is 9.36. The van der Waals surface area contributed by atoms with Crippen molar-refractivity contribution >= 4 is 21.8 Å². The maximum atomic E-state index is 12.4. The van der Waals surface area contributed by atoms with Gasteiger partial charge in [0.05, 0.1) is 7.11 Å². The number of hydrogen-bond acceptors (Lipinski definition) is 3. The smallest absolute Gasteiger partial charge is 0.387 e. The number of ether oxygens (including phenoxy) is 2. The number of benzene rings is 2. The Morgan fingerprint density at radius 1 is 1.20 bits per heavy atom. The molecular formula is C18H18BrF2NO3. The van der Waals surface area contributed by atoms with Crippen molar-refractivity contribution in [3.63, 3.8) is 0 Å². The van der Waals surface area contributed by atoms with E-state index in [1.165, 1.54) is 19.2 Å². The lowest BCUT2D eigenvalue weighted by molar-refractivity contribution is -0.121. The second-order valence-corrected chi connectivity index (χ2v) is 6.09. The molecule has 0 saturated carbocycles. The minimum Gasteiger partial charge on any atom is -0.493 e. The van der Waals surface area contributed by atoms with Crippen molar-refractivity contribution in [2.24, 2.45) is 0 Å². The Balaban J connectivity index is 1.89. The Morgan fingerprint density at radius 3 is 2.64 bits per heavy atom. The molecule has 1 amide bonds. The average molecular weight is 414 g/mol. The SMILES string of the molecule is COc1ccc(CNC(=O)CCc2ccccc2Br)cc1OC(F)F. The van der Waals surface area contributed by atoms with E-state index in [4.69, 9.17) is 4.74 Å². The number of nitrogens with one attached hydrogen (secondary N) is 1. The summed E-state index contributed by atoms with van der Waals surface area (Å²) in [5.41, 5.74) is 1.69. The van der Waals surface area contributed by atoms with Crippen LogP contribution >= 0.6 is 15.9 Å². The summed E-state index contributed by atoms with van der Waals surface area (Å²) in [5, 5.41) is 2.77. The fourth-order valence-corrected chi connectivity index (χ4v) is 2.74.